The number of amides is 1. The Labute approximate surface area is 104 Å². The third-order valence-electron chi connectivity index (χ3n) is 2.93. The molecular formula is C11H15ClN2OS. The molecule has 5 heteroatoms. The van der Waals surface area contributed by atoms with E-state index in [9.17, 15) is 4.79 Å². The van der Waals surface area contributed by atoms with E-state index in [1.54, 1.807) is 6.07 Å². The first-order valence-electron chi connectivity index (χ1n) is 5.46. The van der Waals surface area contributed by atoms with Crippen molar-refractivity contribution >= 4 is 28.8 Å². The fourth-order valence-electron chi connectivity index (χ4n) is 1.97. The molecule has 1 aliphatic carbocycles. The summed E-state index contributed by atoms with van der Waals surface area (Å²) in [6, 6.07) is 2.31. The fraction of sp³-hybridized carbons (Fsp3) is 0.545. The maximum Gasteiger partial charge on any atom is 0.263 e. The lowest BCUT2D eigenvalue weighted by Gasteiger charge is -2.26. The molecule has 1 amide bonds. The summed E-state index contributed by atoms with van der Waals surface area (Å²) in [4.78, 5) is 12.5. The van der Waals surface area contributed by atoms with Crippen LogP contribution in [-0.2, 0) is 0 Å². The molecule has 0 saturated heterocycles. The molecule has 0 aromatic carbocycles. The van der Waals surface area contributed by atoms with E-state index in [1.165, 1.54) is 11.3 Å². The SMILES string of the molecule is NC1CCC(NC(=O)c2sccc2Cl)CC1. The van der Waals surface area contributed by atoms with Gasteiger partial charge in [-0.3, -0.25) is 4.79 Å². The lowest BCUT2D eigenvalue weighted by Crippen LogP contribution is -2.40. The third kappa shape index (κ3) is 2.75. The lowest BCUT2D eigenvalue weighted by atomic mass is 9.92. The van der Waals surface area contributed by atoms with Gasteiger partial charge in [0.05, 0.1) is 5.02 Å². The number of rotatable bonds is 2. The van der Waals surface area contributed by atoms with Crippen molar-refractivity contribution in [3.8, 4) is 0 Å². The summed E-state index contributed by atoms with van der Waals surface area (Å²) < 4.78 is 0. The topological polar surface area (TPSA) is 55.1 Å². The predicted octanol–water partition coefficient (Wildman–Crippen LogP) is 2.40. The van der Waals surface area contributed by atoms with Crippen molar-refractivity contribution in [3.05, 3.63) is 21.3 Å². The van der Waals surface area contributed by atoms with Gasteiger partial charge in [-0.15, -0.1) is 11.3 Å². The smallest absolute Gasteiger partial charge is 0.263 e. The summed E-state index contributed by atoms with van der Waals surface area (Å²) in [5.74, 6) is -0.0551. The molecule has 1 fully saturated rings. The monoisotopic (exact) mass is 258 g/mol. The van der Waals surface area contributed by atoms with Gasteiger partial charge >= 0.3 is 0 Å². The second-order valence-electron chi connectivity index (χ2n) is 4.18. The van der Waals surface area contributed by atoms with Gasteiger partial charge in [0.1, 0.15) is 4.88 Å². The molecule has 2 rings (SSSR count). The number of carbonyl (C=O) groups excluding carboxylic acids is 1. The summed E-state index contributed by atoms with van der Waals surface area (Å²) >= 11 is 7.28. The van der Waals surface area contributed by atoms with E-state index in [4.69, 9.17) is 17.3 Å². The van der Waals surface area contributed by atoms with Crippen molar-refractivity contribution in [1.29, 1.82) is 0 Å². The zero-order valence-electron chi connectivity index (χ0n) is 8.91. The van der Waals surface area contributed by atoms with Gasteiger partial charge in [0.25, 0.3) is 5.91 Å². The lowest BCUT2D eigenvalue weighted by molar-refractivity contribution is 0.0930. The van der Waals surface area contributed by atoms with Gasteiger partial charge in [-0.05, 0) is 37.1 Å². The van der Waals surface area contributed by atoms with Gasteiger partial charge in [-0.25, -0.2) is 0 Å². The summed E-state index contributed by atoms with van der Waals surface area (Å²) in [6.07, 6.45) is 3.91. The Morgan fingerprint density at radius 2 is 2.12 bits per heavy atom. The van der Waals surface area contributed by atoms with Crippen LogP contribution in [-0.4, -0.2) is 18.0 Å². The fourth-order valence-corrected chi connectivity index (χ4v) is 3.01. The Hall–Kier alpha value is -0.580. The van der Waals surface area contributed by atoms with Crippen LogP contribution in [0.25, 0.3) is 0 Å². The molecule has 0 radical (unpaired) electrons. The Morgan fingerprint density at radius 3 is 2.69 bits per heavy atom. The van der Waals surface area contributed by atoms with Gasteiger partial charge < -0.3 is 11.1 Å². The van der Waals surface area contributed by atoms with E-state index in [1.807, 2.05) is 5.38 Å². The number of hydrogen-bond acceptors (Lipinski definition) is 3. The van der Waals surface area contributed by atoms with Crippen LogP contribution in [0.2, 0.25) is 5.02 Å². The van der Waals surface area contributed by atoms with E-state index < -0.39 is 0 Å². The third-order valence-corrected chi connectivity index (χ3v) is 4.27. The molecule has 1 saturated carbocycles. The van der Waals surface area contributed by atoms with Crippen molar-refractivity contribution in [1.82, 2.24) is 5.32 Å². The Morgan fingerprint density at radius 1 is 1.44 bits per heavy atom. The van der Waals surface area contributed by atoms with Crippen molar-refractivity contribution in [2.45, 2.75) is 37.8 Å². The zero-order valence-corrected chi connectivity index (χ0v) is 10.5. The molecule has 0 aliphatic heterocycles. The first kappa shape index (κ1) is 11.9. The van der Waals surface area contributed by atoms with Crippen LogP contribution < -0.4 is 11.1 Å². The standard InChI is InChI=1S/C11H15ClN2OS/c12-9-5-6-16-10(9)11(15)14-8-3-1-7(13)2-4-8/h5-8H,1-4,13H2,(H,14,15). The van der Waals surface area contributed by atoms with E-state index >= 15 is 0 Å². The summed E-state index contributed by atoms with van der Waals surface area (Å²) in [5.41, 5.74) is 5.81. The number of nitrogens with two attached hydrogens (primary N) is 1. The molecule has 1 aromatic rings. The highest BCUT2D eigenvalue weighted by Gasteiger charge is 2.21. The van der Waals surface area contributed by atoms with E-state index in [-0.39, 0.29) is 11.9 Å². The molecule has 1 heterocycles. The van der Waals surface area contributed by atoms with Gasteiger partial charge in [-0.2, -0.15) is 0 Å². The number of carbonyl (C=O) groups is 1. The number of hydrogen-bond donors (Lipinski definition) is 2. The molecule has 1 aromatic heterocycles. The molecule has 0 atom stereocenters. The molecule has 0 unspecified atom stereocenters. The van der Waals surface area contributed by atoms with Gasteiger partial charge in [0.2, 0.25) is 0 Å². The molecule has 16 heavy (non-hydrogen) atoms. The van der Waals surface area contributed by atoms with Crippen LogP contribution in [0.1, 0.15) is 35.4 Å². The van der Waals surface area contributed by atoms with Crippen molar-refractivity contribution < 1.29 is 4.79 Å². The van der Waals surface area contributed by atoms with E-state index in [0.717, 1.165) is 25.7 Å². The van der Waals surface area contributed by atoms with Crippen molar-refractivity contribution in [2.75, 3.05) is 0 Å². The highest BCUT2D eigenvalue weighted by molar-refractivity contribution is 7.12. The minimum atomic E-state index is -0.0551. The van der Waals surface area contributed by atoms with Crippen molar-refractivity contribution in [3.63, 3.8) is 0 Å². The molecule has 3 nitrogen and oxygen atoms in total. The number of thiophene rings is 1. The maximum absolute atomic E-state index is 11.9. The predicted molar refractivity (Wildman–Crippen MR) is 67.0 cm³/mol. The first-order chi connectivity index (χ1) is 7.66. The second-order valence-corrected chi connectivity index (χ2v) is 5.51. The molecule has 0 bridgehead atoms. The molecule has 1 aliphatic rings. The van der Waals surface area contributed by atoms with Crippen LogP contribution in [0.3, 0.4) is 0 Å². The minimum absolute atomic E-state index is 0.0551. The Bertz CT molecular complexity index is 372. The second kappa shape index (κ2) is 5.17. The summed E-state index contributed by atoms with van der Waals surface area (Å²) in [6.45, 7) is 0. The molecule has 0 spiro atoms. The average Bonchev–Trinajstić information content (AvgIpc) is 2.68. The maximum atomic E-state index is 11.9. The first-order valence-corrected chi connectivity index (χ1v) is 6.72. The Kier molecular flexibility index (Phi) is 3.84. The van der Waals surface area contributed by atoms with Crippen molar-refractivity contribution in [2.24, 2.45) is 5.73 Å². The number of nitrogens with one attached hydrogen (secondary N) is 1. The largest absolute Gasteiger partial charge is 0.349 e. The van der Waals surface area contributed by atoms with Gasteiger partial charge in [-0.1, -0.05) is 11.6 Å². The molecule has 88 valence electrons. The normalized spacial score (nSPS) is 25.4. The Balaban J connectivity index is 1.91. The van der Waals surface area contributed by atoms with Crippen LogP contribution >= 0.6 is 22.9 Å². The van der Waals surface area contributed by atoms with Crippen LogP contribution in [0, 0.1) is 0 Å². The quantitative estimate of drug-likeness (QED) is 0.856. The van der Waals surface area contributed by atoms with E-state index in [2.05, 4.69) is 5.32 Å². The highest BCUT2D eigenvalue weighted by atomic mass is 35.5. The summed E-state index contributed by atoms with van der Waals surface area (Å²) in [7, 11) is 0. The highest BCUT2D eigenvalue weighted by Crippen LogP contribution is 2.23. The van der Waals surface area contributed by atoms with Gasteiger partial charge in [0, 0.05) is 12.1 Å². The zero-order chi connectivity index (χ0) is 11.5. The van der Waals surface area contributed by atoms with E-state index in [0.29, 0.717) is 15.9 Å². The molecular weight excluding hydrogens is 244 g/mol. The average molecular weight is 259 g/mol. The minimum Gasteiger partial charge on any atom is -0.349 e. The summed E-state index contributed by atoms with van der Waals surface area (Å²) in [5, 5.41) is 5.38. The van der Waals surface area contributed by atoms with Crippen LogP contribution in [0.15, 0.2) is 11.4 Å². The molecule has 3 N–H and O–H groups in total. The number of halogens is 1. The van der Waals surface area contributed by atoms with Crippen LogP contribution in [0.4, 0.5) is 0 Å². The van der Waals surface area contributed by atoms with Gasteiger partial charge in [0.15, 0.2) is 0 Å². The van der Waals surface area contributed by atoms with Crippen LogP contribution in [0.5, 0.6) is 0 Å².